The van der Waals surface area contributed by atoms with Crippen LogP contribution in [0.25, 0.3) is 0 Å². The Morgan fingerprint density at radius 1 is 1.39 bits per heavy atom. The highest BCUT2D eigenvalue weighted by atomic mass is 16.4. The summed E-state index contributed by atoms with van der Waals surface area (Å²) in [5.74, 6) is 1.34. The molecule has 2 amide bonds. The largest absolute Gasteiger partial charge is 0.478 e. The standard InChI is InChI=1S/C13H14N2O3/c1-3-8-14-13(18)15(2)9-10-4-6-11(7-5-10)12(16)17/h1,4-7H,8-9H2,2H3,(H,14,18)(H,16,17). The van der Waals surface area contributed by atoms with E-state index >= 15 is 0 Å². The lowest BCUT2D eigenvalue weighted by atomic mass is 10.1. The molecular weight excluding hydrogens is 232 g/mol. The molecule has 5 nitrogen and oxygen atoms in total. The average Bonchev–Trinajstić information content (AvgIpc) is 2.36. The molecule has 1 aromatic carbocycles. The van der Waals surface area contributed by atoms with Crippen molar-refractivity contribution >= 4 is 12.0 Å². The molecule has 2 N–H and O–H groups in total. The molecule has 0 radical (unpaired) electrons. The molecule has 5 heteroatoms. The number of nitrogens with zero attached hydrogens (tertiary/aromatic N) is 1. The van der Waals surface area contributed by atoms with Crippen LogP contribution in [-0.4, -0.2) is 35.6 Å². The van der Waals surface area contributed by atoms with E-state index < -0.39 is 5.97 Å². The van der Waals surface area contributed by atoms with Crippen LogP contribution >= 0.6 is 0 Å². The lowest BCUT2D eigenvalue weighted by Crippen LogP contribution is -2.36. The van der Waals surface area contributed by atoms with Crippen molar-refractivity contribution in [3.63, 3.8) is 0 Å². The van der Waals surface area contributed by atoms with Crippen LogP contribution in [0.3, 0.4) is 0 Å². The highest BCUT2D eigenvalue weighted by Crippen LogP contribution is 2.06. The van der Waals surface area contributed by atoms with Crippen LogP contribution in [0, 0.1) is 12.3 Å². The van der Waals surface area contributed by atoms with Crippen LogP contribution in [0.1, 0.15) is 15.9 Å². The van der Waals surface area contributed by atoms with Gasteiger partial charge in [0.15, 0.2) is 0 Å². The summed E-state index contributed by atoms with van der Waals surface area (Å²) >= 11 is 0. The van der Waals surface area contributed by atoms with Crippen molar-refractivity contribution in [2.45, 2.75) is 6.54 Å². The first-order valence-electron chi connectivity index (χ1n) is 5.29. The van der Waals surface area contributed by atoms with Crippen LogP contribution in [0.15, 0.2) is 24.3 Å². The zero-order chi connectivity index (χ0) is 13.5. The molecule has 0 aromatic heterocycles. The first kappa shape index (κ1) is 13.6. The second-order valence-corrected chi connectivity index (χ2v) is 3.72. The minimum Gasteiger partial charge on any atom is -0.478 e. The molecule has 0 saturated carbocycles. The maximum atomic E-state index is 11.5. The fourth-order valence-corrected chi connectivity index (χ4v) is 1.36. The van der Waals surface area contributed by atoms with Gasteiger partial charge in [-0.15, -0.1) is 6.42 Å². The number of urea groups is 1. The monoisotopic (exact) mass is 246 g/mol. The molecule has 0 saturated heterocycles. The summed E-state index contributed by atoms with van der Waals surface area (Å²) in [6.07, 6.45) is 5.04. The second-order valence-electron chi connectivity index (χ2n) is 3.72. The molecular formula is C13H14N2O3. The number of carbonyl (C=O) groups excluding carboxylic acids is 1. The van der Waals surface area contributed by atoms with E-state index in [-0.39, 0.29) is 18.1 Å². The minimum atomic E-state index is -0.971. The van der Waals surface area contributed by atoms with E-state index in [4.69, 9.17) is 11.5 Å². The molecule has 0 fully saturated rings. The Bertz CT molecular complexity index is 474. The molecule has 18 heavy (non-hydrogen) atoms. The van der Waals surface area contributed by atoms with E-state index in [1.54, 1.807) is 19.2 Å². The molecule has 0 bridgehead atoms. The molecule has 94 valence electrons. The number of carboxylic acids is 1. The maximum Gasteiger partial charge on any atom is 0.335 e. The topological polar surface area (TPSA) is 69.6 Å². The third-order valence-corrected chi connectivity index (χ3v) is 2.31. The van der Waals surface area contributed by atoms with Gasteiger partial charge in [-0.1, -0.05) is 18.1 Å². The van der Waals surface area contributed by atoms with Crippen LogP contribution < -0.4 is 5.32 Å². The van der Waals surface area contributed by atoms with Crippen molar-refractivity contribution in [3.05, 3.63) is 35.4 Å². The molecule has 1 aromatic rings. The SMILES string of the molecule is C#CCNC(=O)N(C)Cc1ccc(C(=O)O)cc1. The average molecular weight is 246 g/mol. The summed E-state index contributed by atoms with van der Waals surface area (Å²) < 4.78 is 0. The number of hydrogen-bond acceptors (Lipinski definition) is 2. The van der Waals surface area contributed by atoms with Gasteiger partial charge in [-0.25, -0.2) is 9.59 Å². The summed E-state index contributed by atoms with van der Waals surface area (Å²) in [6.45, 7) is 0.567. The normalized spacial score (nSPS) is 9.33. The summed E-state index contributed by atoms with van der Waals surface area (Å²) in [6, 6.07) is 6.09. The summed E-state index contributed by atoms with van der Waals surface area (Å²) in [5.41, 5.74) is 1.07. The van der Waals surface area contributed by atoms with Gasteiger partial charge in [-0.2, -0.15) is 0 Å². The number of benzene rings is 1. The minimum absolute atomic E-state index is 0.182. The van der Waals surface area contributed by atoms with Gasteiger partial charge in [0.2, 0.25) is 0 Å². The van der Waals surface area contributed by atoms with E-state index in [1.807, 2.05) is 0 Å². The van der Waals surface area contributed by atoms with E-state index in [9.17, 15) is 9.59 Å². The molecule has 0 heterocycles. The van der Waals surface area contributed by atoms with Crippen molar-refractivity contribution in [3.8, 4) is 12.3 Å². The highest BCUT2D eigenvalue weighted by Gasteiger charge is 2.08. The highest BCUT2D eigenvalue weighted by molar-refractivity contribution is 5.87. The number of nitrogens with one attached hydrogen (secondary N) is 1. The Morgan fingerprint density at radius 3 is 2.50 bits per heavy atom. The summed E-state index contributed by atoms with van der Waals surface area (Å²) in [5, 5.41) is 11.3. The van der Waals surface area contributed by atoms with Crippen molar-refractivity contribution in [1.29, 1.82) is 0 Å². The number of terminal acetylenes is 1. The lowest BCUT2D eigenvalue weighted by molar-refractivity contribution is 0.0697. The fraction of sp³-hybridized carbons (Fsp3) is 0.231. The van der Waals surface area contributed by atoms with E-state index in [1.165, 1.54) is 17.0 Å². The van der Waals surface area contributed by atoms with Crippen molar-refractivity contribution in [1.82, 2.24) is 10.2 Å². The van der Waals surface area contributed by atoms with Gasteiger partial charge in [0.1, 0.15) is 0 Å². The molecule has 0 aliphatic heterocycles. The van der Waals surface area contributed by atoms with Crippen molar-refractivity contribution in [2.75, 3.05) is 13.6 Å². The third-order valence-electron chi connectivity index (χ3n) is 2.31. The Morgan fingerprint density at radius 2 is 2.00 bits per heavy atom. The maximum absolute atomic E-state index is 11.5. The summed E-state index contributed by atoms with van der Waals surface area (Å²) in [7, 11) is 1.64. The Labute approximate surface area is 105 Å². The number of amides is 2. The van der Waals surface area contributed by atoms with Crippen LogP contribution in [0.5, 0.6) is 0 Å². The van der Waals surface area contributed by atoms with Gasteiger partial charge in [0.05, 0.1) is 12.1 Å². The fourth-order valence-electron chi connectivity index (χ4n) is 1.36. The van der Waals surface area contributed by atoms with Crippen molar-refractivity contribution in [2.24, 2.45) is 0 Å². The Kier molecular flexibility index (Phi) is 4.76. The number of hydrogen-bond donors (Lipinski definition) is 2. The number of carbonyl (C=O) groups is 2. The van der Waals surface area contributed by atoms with Gasteiger partial charge in [0, 0.05) is 13.6 Å². The zero-order valence-corrected chi connectivity index (χ0v) is 10.0. The summed E-state index contributed by atoms with van der Waals surface area (Å²) in [4.78, 5) is 23.6. The molecule has 0 aliphatic rings. The Hall–Kier alpha value is -2.48. The van der Waals surface area contributed by atoms with Gasteiger partial charge in [-0.3, -0.25) is 0 Å². The van der Waals surface area contributed by atoms with E-state index in [0.717, 1.165) is 5.56 Å². The van der Waals surface area contributed by atoms with Gasteiger partial charge in [-0.05, 0) is 17.7 Å². The second kappa shape index (κ2) is 6.30. The predicted molar refractivity (Wildman–Crippen MR) is 67.1 cm³/mol. The quantitative estimate of drug-likeness (QED) is 0.783. The molecule has 0 atom stereocenters. The number of rotatable bonds is 4. The third kappa shape index (κ3) is 3.83. The Balaban J connectivity index is 2.59. The van der Waals surface area contributed by atoms with E-state index in [2.05, 4.69) is 11.2 Å². The lowest BCUT2D eigenvalue weighted by Gasteiger charge is -2.17. The van der Waals surface area contributed by atoms with Crippen LogP contribution in [0.4, 0.5) is 4.79 Å². The van der Waals surface area contributed by atoms with E-state index in [0.29, 0.717) is 6.54 Å². The zero-order valence-electron chi connectivity index (χ0n) is 10.0. The predicted octanol–water partition coefficient (Wildman–Crippen LogP) is 1.16. The van der Waals surface area contributed by atoms with Crippen LogP contribution in [-0.2, 0) is 6.54 Å². The first-order chi connectivity index (χ1) is 8.54. The van der Waals surface area contributed by atoms with Crippen LogP contribution in [0.2, 0.25) is 0 Å². The van der Waals surface area contributed by atoms with Gasteiger partial charge < -0.3 is 15.3 Å². The van der Waals surface area contributed by atoms with Crippen molar-refractivity contribution < 1.29 is 14.7 Å². The number of aromatic carboxylic acids is 1. The molecule has 1 rings (SSSR count). The molecule has 0 unspecified atom stereocenters. The number of carboxylic acid groups (broad SMARTS) is 1. The first-order valence-corrected chi connectivity index (χ1v) is 5.29. The molecule has 0 aliphatic carbocycles. The smallest absolute Gasteiger partial charge is 0.335 e. The van der Waals surface area contributed by atoms with Gasteiger partial charge >= 0.3 is 12.0 Å². The van der Waals surface area contributed by atoms with Gasteiger partial charge in [0.25, 0.3) is 0 Å². The molecule has 0 spiro atoms.